The van der Waals surface area contributed by atoms with E-state index in [-0.39, 0.29) is 50.8 Å². The van der Waals surface area contributed by atoms with Crippen LogP contribution in [0.3, 0.4) is 0 Å². The van der Waals surface area contributed by atoms with Crippen molar-refractivity contribution >= 4 is 110 Å². The fraction of sp³-hybridized carbons (Fsp3) is 0.267. The number of hydrogen-bond donors (Lipinski definition) is 0. The lowest BCUT2D eigenvalue weighted by atomic mass is 9.65. The fourth-order valence-electron chi connectivity index (χ4n) is 19.2. The Morgan fingerprint density at radius 1 is 0.255 bits per heavy atom. The number of nitrogens with zero attached hydrogens (tertiary/aromatic N) is 3. The largest absolute Gasteiger partial charge is 0.494 e. The van der Waals surface area contributed by atoms with Crippen LogP contribution in [0.5, 0.6) is 0 Å². The van der Waals surface area contributed by atoms with E-state index >= 15 is 0 Å². The average Bonchev–Trinajstić information content (AvgIpc) is 1.45. The fourth-order valence-corrected chi connectivity index (χ4v) is 19.7. The van der Waals surface area contributed by atoms with Crippen molar-refractivity contribution in [3.05, 3.63) is 270 Å². The zero-order valence-corrected chi connectivity index (χ0v) is 62.1. The maximum atomic E-state index is 6.53. The monoisotopic (exact) mass is 1400 g/mol. The summed E-state index contributed by atoms with van der Waals surface area (Å²) in [4.78, 5) is 0. The number of hydrogen-bond acceptors (Lipinski definition) is 2. The first kappa shape index (κ1) is 60.9. The van der Waals surface area contributed by atoms with Gasteiger partial charge in [-0.15, -0.1) is 0 Å². The summed E-state index contributed by atoms with van der Waals surface area (Å²) in [6.07, 6.45) is 0. The van der Waals surface area contributed by atoms with Gasteiger partial charge in [0.15, 0.2) is 0 Å². The Labute approximate surface area is 592 Å². The van der Waals surface area contributed by atoms with Crippen molar-refractivity contribution in [2.45, 2.75) is 154 Å². The quantitative estimate of drug-likeness (QED) is 0.165. The molecule has 0 bridgehead atoms. The molecule has 1 fully saturated rings. The van der Waals surface area contributed by atoms with E-state index in [0.717, 1.165) is 14.4 Å². The lowest BCUT2D eigenvalue weighted by molar-refractivity contribution is 0.00578. The Bertz CT molecular complexity index is 5420. The molecule has 0 saturated carbocycles. The molecule has 484 valence electrons. The zero-order valence-electron chi connectivity index (χ0n) is 59.0. The molecule has 14 aromatic rings. The summed E-state index contributed by atoms with van der Waals surface area (Å²) in [5, 5.41) is 8.18. The summed E-state index contributed by atoms with van der Waals surface area (Å²) < 4.78 is 23.1. The third-order valence-electron chi connectivity index (χ3n) is 25.4. The van der Waals surface area contributed by atoms with E-state index in [1.807, 2.05) is 24.3 Å². The molecule has 3 aromatic heterocycles. The minimum Gasteiger partial charge on any atom is -0.399 e. The van der Waals surface area contributed by atoms with Crippen LogP contribution in [0.4, 0.5) is 0 Å². The van der Waals surface area contributed by atoms with Gasteiger partial charge in [0.1, 0.15) is 0 Å². The van der Waals surface area contributed by atoms with E-state index in [4.69, 9.17) is 9.31 Å². The molecule has 0 N–H and O–H groups in total. The van der Waals surface area contributed by atoms with Crippen molar-refractivity contribution in [2.75, 3.05) is 0 Å². The average molecular weight is 1410 g/mol. The van der Waals surface area contributed by atoms with E-state index in [9.17, 15) is 0 Å². The first-order valence-corrected chi connectivity index (χ1v) is 36.7. The van der Waals surface area contributed by atoms with Crippen LogP contribution in [0.15, 0.2) is 203 Å². The normalized spacial score (nSPS) is 18.7. The van der Waals surface area contributed by atoms with Gasteiger partial charge in [-0.1, -0.05) is 261 Å². The highest BCUT2D eigenvalue weighted by Crippen LogP contribution is 2.60. The molecule has 7 aliphatic heterocycles. The predicted octanol–water partition coefficient (Wildman–Crippen LogP) is 23.3. The molecular formula is C90H80BBr2N3O2. The van der Waals surface area contributed by atoms with E-state index < -0.39 is 0 Å². The minimum absolute atomic E-state index is 0.138. The summed E-state index contributed by atoms with van der Waals surface area (Å²) in [6, 6.07) is 73.7. The van der Waals surface area contributed by atoms with Crippen LogP contribution in [-0.4, -0.2) is 32.0 Å². The molecule has 8 heteroatoms. The molecule has 0 spiro atoms. The molecule has 7 aliphatic rings. The van der Waals surface area contributed by atoms with Crippen molar-refractivity contribution in [1.29, 1.82) is 0 Å². The van der Waals surface area contributed by atoms with Gasteiger partial charge in [-0.05, 0) is 171 Å². The number of fused-ring (bicyclic) bond motifs is 3. The Balaban J connectivity index is 0.000000135. The first-order chi connectivity index (χ1) is 46.5. The number of aromatic nitrogens is 3. The number of para-hydroxylation sites is 6. The molecule has 0 aliphatic carbocycles. The lowest BCUT2D eigenvalue weighted by Crippen LogP contribution is -2.41. The Morgan fingerprint density at radius 3 is 0.694 bits per heavy atom. The minimum atomic E-state index is -0.378. The van der Waals surface area contributed by atoms with Crippen LogP contribution in [0, 0.1) is 0 Å². The molecule has 10 heterocycles. The smallest absolute Gasteiger partial charge is 0.399 e. The van der Waals surface area contributed by atoms with E-state index in [0.29, 0.717) is 0 Å². The second-order valence-corrected chi connectivity index (χ2v) is 35.2. The molecular weight excluding hydrogens is 1330 g/mol. The van der Waals surface area contributed by atoms with Crippen LogP contribution in [0.1, 0.15) is 178 Å². The number of benzene rings is 11. The van der Waals surface area contributed by atoms with Gasteiger partial charge < -0.3 is 23.0 Å². The first-order valence-electron chi connectivity index (χ1n) is 35.1. The van der Waals surface area contributed by atoms with Crippen LogP contribution in [0.2, 0.25) is 0 Å². The van der Waals surface area contributed by atoms with E-state index in [2.05, 4.69) is 326 Å². The Hall–Kier alpha value is -8.24. The second-order valence-electron chi connectivity index (χ2n) is 33.4. The van der Waals surface area contributed by atoms with Crippen LogP contribution in [-0.2, 0) is 41.8 Å². The van der Waals surface area contributed by atoms with Gasteiger partial charge in [-0.25, -0.2) is 0 Å². The van der Waals surface area contributed by atoms with E-state index in [1.165, 1.54) is 171 Å². The third-order valence-corrected chi connectivity index (χ3v) is 26.5. The van der Waals surface area contributed by atoms with E-state index in [1.54, 1.807) is 0 Å². The molecule has 0 unspecified atom stereocenters. The molecule has 0 amide bonds. The maximum Gasteiger partial charge on any atom is 0.494 e. The molecule has 11 aromatic carbocycles. The third kappa shape index (κ3) is 7.60. The molecule has 0 radical (unpaired) electrons. The molecule has 5 nitrogen and oxygen atoms in total. The second kappa shape index (κ2) is 19.4. The molecule has 21 rings (SSSR count). The summed E-state index contributed by atoms with van der Waals surface area (Å²) in [5.74, 6) is 0. The van der Waals surface area contributed by atoms with Crippen molar-refractivity contribution in [3.8, 4) is 39.3 Å². The SMILES string of the molecule is Brc1ccc(Br)cc1.CC1(C)c2cc(-c3ccc(-c4cc5c6c(c4)C(C)(C)c4cccc7c8cccc(c8n-6c47)C5(C)C)cc3)cc3c2-n2c4c1cccc4c1cccc(c12)C3(C)C.CC1(C)c2cc(B3OC(C)(C)C(C)(C)O3)cc3c2-n2c4c1cccc4c1cccc(c12)C3(C)C. The van der Waals surface area contributed by atoms with Gasteiger partial charge in [-0.2, -0.15) is 0 Å². The maximum absolute atomic E-state index is 6.53. The van der Waals surface area contributed by atoms with Crippen LogP contribution in [0.25, 0.3) is 105 Å². The van der Waals surface area contributed by atoms with Gasteiger partial charge in [0, 0.05) is 73.8 Å². The van der Waals surface area contributed by atoms with Gasteiger partial charge in [0.2, 0.25) is 0 Å². The van der Waals surface area contributed by atoms with Crippen molar-refractivity contribution in [3.63, 3.8) is 0 Å². The van der Waals surface area contributed by atoms with Crippen molar-refractivity contribution in [1.82, 2.24) is 13.7 Å². The van der Waals surface area contributed by atoms with Gasteiger partial charge in [-0.3, -0.25) is 0 Å². The Morgan fingerprint density at radius 2 is 0.469 bits per heavy atom. The summed E-state index contributed by atoms with van der Waals surface area (Å²) >= 11 is 6.65. The van der Waals surface area contributed by atoms with Gasteiger partial charge in [0.25, 0.3) is 0 Å². The van der Waals surface area contributed by atoms with Crippen molar-refractivity contribution < 1.29 is 9.31 Å². The summed E-state index contributed by atoms with van der Waals surface area (Å²) in [6.45, 7) is 37.4. The highest BCUT2D eigenvalue weighted by atomic mass is 79.9. The predicted molar refractivity (Wildman–Crippen MR) is 417 cm³/mol. The van der Waals surface area contributed by atoms with Gasteiger partial charge >= 0.3 is 7.12 Å². The molecule has 1 saturated heterocycles. The van der Waals surface area contributed by atoms with Crippen LogP contribution >= 0.6 is 31.9 Å². The number of rotatable bonds is 3. The zero-order chi connectivity index (χ0) is 68.0. The summed E-state index contributed by atoms with van der Waals surface area (Å²) in [7, 11) is -0.378. The standard InChI is InChI=1S/C54H44N2.C30H32BNO2.C6H4Br2/c1-51(2)37-17-9-13-33-34-14-10-18-38-46(34)55(45(33)37)49-41(51)25-31(26-42(49)52(38,3)4)29-21-23-30(24-22-29)32-27-43-50-44(28-32)54(7,8)40-20-12-16-36-35-15-11-19-39(53(43,5)6)47(35)56(50)48(36)40;1-27(2)20-13-9-11-18-19-12-10-14-21-25(19)32(24(18)20)26-22(27)15-17(16-23(26)28(21,3)4)31-33-29(5,6)30(7,8)34-31;7-5-1-2-6(8)4-3-5/h9-28H,1-8H3;9-16H,1-8H3;1-4H. The topological polar surface area (TPSA) is 33.2 Å². The van der Waals surface area contributed by atoms with Gasteiger partial charge in [0.05, 0.1) is 61.4 Å². The number of halogens is 2. The summed E-state index contributed by atoms with van der Waals surface area (Å²) in [5.41, 5.74) is 33.9. The molecule has 98 heavy (non-hydrogen) atoms. The highest BCUT2D eigenvalue weighted by molar-refractivity contribution is 9.11. The molecule has 0 atom stereocenters. The van der Waals surface area contributed by atoms with Crippen LogP contribution < -0.4 is 5.46 Å². The lowest BCUT2D eigenvalue weighted by Gasteiger charge is -2.42. The Kier molecular flexibility index (Phi) is 12.1. The highest BCUT2D eigenvalue weighted by Gasteiger charge is 2.54. The van der Waals surface area contributed by atoms with Crippen molar-refractivity contribution in [2.24, 2.45) is 0 Å².